The van der Waals surface area contributed by atoms with Crippen molar-refractivity contribution in [1.29, 1.82) is 0 Å². The number of amides is 2. The number of rotatable bonds is 5. The Morgan fingerprint density at radius 2 is 1.85 bits per heavy atom. The first-order valence-electron chi connectivity index (χ1n) is 11.2. The minimum absolute atomic E-state index is 0.0955. The Labute approximate surface area is 195 Å². The second-order valence-corrected chi connectivity index (χ2v) is 9.22. The van der Waals surface area contributed by atoms with Crippen molar-refractivity contribution in [2.24, 2.45) is 5.92 Å². The van der Waals surface area contributed by atoms with E-state index < -0.39 is 0 Å². The van der Waals surface area contributed by atoms with Gasteiger partial charge in [-0.1, -0.05) is 0 Å². The van der Waals surface area contributed by atoms with Crippen LogP contribution in [0.3, 0.4) is 0 Å². The Bertz CT molecular complexity index is 1110. The number of piperidine rings is 1. The minimum Gasteiger partial charge on any atom is -0.466 e. The number of aromatic nitrogens is 2. The number of carbonyl (C=O) groups excluding carboxylic acids is 3. The number of morpholine rings is 1. The molecule has 0 saturated carbocycles. The number of aryl methyl sites for hydroxylation is 1. The molecular weight excluding hydrogens is 448 g/mol. The van der Waals surface area contributed by atoms with Crippen LogP contribution >= 0.6 is 11.3 Å². The number of hydrogen-bond donors (Lipinski definition) is 0. The number of hydrogen-bond acceptors (Lipinski definition) is 8. The molecule has 0 aliphatic carbocycles. The van der Waals surface area contributed by atoms with Crippen LogP contribution in [0.25, 0.3) is 10.2 Å². The van der Waals surface area contributed by atoms with Crippen LogP contribution in [-0.4, -0.2) is 83.1 Å². The lowest BCUT2D eigenvalue weighted by molar-refractivity contribution is -0.149. The molecule has 2 saturated heterocycles. The van der Waals surface area contributed by atoms with Crippen molar-refractivity contribution >= 4 is 39.3 Å². The second-order valence-electron chi connectivity index (χ2n) is 8.23. The Balaban J connectivity index is 1.50. The summed E-state index contributed by atoms with van der Waals surface area (Å²) in [5.41, 5.74) is 0.258. The third-order valence-corrected chi connectivity index (χ3v) is 7.37. The van der Waals surface area contributed by atoms with Gasteiger partial charge in [0.15, 0.2) is 0 Å². The van der Waals surface area contributed by atoms with E-state index in [1.807, 2.05) is 0 Å². The van der Waals surface area contributed by atoms with Crippen molar-refractivity contribution < 1.29 is 23.9 Å². The summed E-state index contributed by atoms with van der Waals surface area (Å²) in [5.74, 6) is -0.710. The molecule has 4 rings (SSSR count). The van der Waals surface area contributed by atoms with E-state index in [1.165, 1.54) is 22.2 Å². The first kappa shape index (κ1) is 23.4. The quantitative estimate of drug-likeness (QED) is 0.593. The van der Waals surface area contributed by atoms with E-state index in [0.717, 1.165) is 0 Å². The lowest BCUT2D eigenvalue weighted by Gasteiger charge is -2.30. The molecular formula is C22H28N4O6S. The van der Waals surface area contributed by atoms with Gasteiger partial charge in [-0.15, -0.1) is 11.3 Å². The minimum atomic E-state index is -0.324. The van der Waals surface area contributed by atoms with Crippen LogP contribution in [0.2, 0.25) is 0 Å². The first-order valence-corrected chi connectivity index (χ1v) is 12.0. The lowest BCUT2D eigenvalue weighted by Crippen LogP contribution is -2.43. The molecule has 11 heteroatoms. The normalized spacial score (nSPS) is 17.4. The van der Waals surface area contributed by atoms with E-state index in [0.29, 0.717) is 79.5 Å². The van der Waals surface area contributed by atoms with Crippen LogP contribution in [-0.2, 0) is 25.6 Å². The molecule has 10 nitrogen and oxygen atoms in total. The number of carbonyl (C=O) groups is 3. The van der Waals surface area contributed by atoms with E-state index in [4.69, 9.17) is 9.47 Å². The fourth-order valence-corrected chi connectivity index (χ4v) is 5.36. The number of fused-ring (bicyclic) bond motifs is 1. The van der Waals surface area contributed by atoms with Gasteiger partial charge in [0, 0.05) is 26.2 Å². The monoisotopic (exact) mass is 476 g/mol. The van der Waals surface area contributed by atoms with Crippen molar-refractivity contribution in [3.05, 3.63) is 27.1 Å². The van der Waals surface area contributed by atoms with Gasteiger partial charge < -0.3 is 19.3 Å². The van der Waals surface area contributed by atoms with Gasteiger partial charge in [0.2, 0.25) is 5.91 Å². The summed E-state index contributed by atoms with van der Waals surface area (Å²) in [6, 6.07) is 0. The Morgan fingerprint density at radius 3 is 2.52 bits per heavy atom. The molecule has 33 heavy (non-hydrogen) atoms. The number of ether oxygens (including phenoxy) is 2. The van der Waals surface area contributed by atoms with Crippen molar-refractivity contribution in [2.45, 2.75) is 33.2 Å². The third-order valence-electron chi connectivity index (χ3n) is 6.18. The fraction of sp³-hybridized carbons (Fsp3) is 0.591. The molecule has 4 heterocycles. The van der Waals surface area contributed by atoms with E-state index in [9.17, 15) is 19.2 Å². The standard InChI is InChI=1S/C22H28N4O6S/c1-3-32-22(30)15-4-6-25(7-5-15)21(29)18-14(2)17-19(33-18)23-13-26(20(17)28)12-16(27)24-8-10-31-11-9-24/h13,15H,3-12H2,1-2H3. The number of nitrogens with zero attached hydrogens (tertiary/aromatic N) is 4. The SMILES string of the molecule is CCOC(=O)C1CCN(C(=O)c2sc3ncn(CC(=O)N4CCOCC4)c(=O)c3c2C)CC1. The molecule has 0 N–H and O–H groups in total. The van der Waals surface area contributed by atoms with Gasteiger partial charge in [0.1, 0.15) is 11.4 Å². The predicted octanol–water partition coefficient (Wildman–Crippen LogP) is 1.04. The molecule has 0 atom stereocenters. The van der Waals surface area contributed by atoms with Gasteiger partial charge in [-0.25, -0.2) is 4.98 Å². The Hall–Kier alpha value is -2.79. The molecule has 2 amide bonds. The highest BCUT2D eigenvalue weighted by Crippen LogP contribution is 2.29. The zero-order valence-corrected chi connectivity index (χ0v) is 19.7. The van der Waals surface area contributed by atoms with E-state index in [-0.39, 0.29) is 35.8 Å². The summed E-state index contributed by atoms with van der Waals surface area (Å²) in [4.78, 5) is 59.5. The fourth-order valence-electron chi connectivity index (χ4n) is 4.26. The smallest absolute Gasteiger partial charge is 0.309 e. The van der Waals surface area contributed by atoms with E-state index in [1.54, 1.807) is 23.6 Å². The van der Waals surface area contributed by atoms with E-state index in [2.05, 4.69) is 4.98 Å². The molecule has 0 aromatic carbocycles. The summed E-state index contributed by atoms with van der Waals surface area (Å²) in [6.45, 7) is 6.69. The summed E-state index contributed by atoms with van der Waals surface area (Å²) < 4.78 is 11.7. The summed E-state index contributed by atoms with van der Waals surface area (Å²) >= 11 is 1.19. The summed E-state index contributed by atoms with van der Waals surface area (Å²) in [7, 11) is 0. The molecule has 2 aliphatic heterocycles. The lowest BCUT2D eigenvalue weighted by atomic mass is 9.97. The highest BCUT2D eigenvalue weighted by atomic mass is 32.1. The second kappa shape index (κ2) is 10.0. The molecule has 2 aromatic rings. The molecule has 0 unspecified atom stereocenters. The number of thiophene rings is 1. The maximum Gasteiger partial charge on any atom is 0.309 e. The van der Waals surface area contributed by atoms with Crippen LogP contribution in [0.4, 0.5) is 0 Å². The van der Waals surface area contributed by atoms with Gasteiger partial charge in [-0.3, -0.25) is 23.7 Å². The third kappa shape index (κ3) is 4.79. The van der Waals surface area contributed by atoms with Gasteiger partial charge in [-0.2, -0.15) is 0 Å². The van der Waals surface area contributed by atoms with Crippen LogP contribution in [0, 0.1) is 12.8 Å². The molecule has 0 radical (unpaired) electrons. The zero-order chi connectivity index (χ0) is 23.5. The summed E-state index contributed by atoms with van der Waals surface area (Å²) in [6.07, 6.45) is 2.49. The topological polar surface area (TPSA) is 111 Å². The Morgan fingerprint density at radius 1 is 1.15 bits per heavy atom. The molecule has 2 aromatic heterocycles. The molecule has 2 aliphatic rings. The average molecular weight is 477 g/mol. The number of likely N-dealkylation sites (tertiary alicyclic amines) is 1. The predicted molar refractivity (Wildman–Crippen MR) is 121 cm³/mol. The zero-order valence-electron chi connectivity index (χ0n) is 18.9. The van der Waals surface area contributed by atoms with Gasteiger partial charge in [0.25, 0.3) is 11.5 Å². The number of esters is 1. The average Bonchev–Trinajstić information content (AvgIpc) is 3.18. The van der Waals surface area contributed by atoms with Crippen molar-refractivity contribution in [3.8, 4) is 0 Å². The van der Waals surface area contributed by atoms with Crippen molar-refractivity contribution in [2.75, 3.05) is 46.0 Å². The largest absolute Gasteiger partial charge is 0.466 e. The molecule has 0 bridgehead atoms. The summed E-state index contributed by atoms with van der Waals surface area (Å²) in [5, 5.41) is 0.377. The molecule has 2 fully saturated rings. The Kier molecular flexibility index (Phi) is 7.08. The van der Waals surface area contributed by atoms with Crippen LogP contribution in [0.5, 0.6) is 0 Å². The van der Waals surface area contributed by atoms with Crippen LogP contribution in [0.15, 0.2) is 11.1 Å². The van der Waals surface area contributed by atoms with Gasteiger partial charge in [-0.05, 0) is 32.3 Å². The van der Waals surface area contributed by atoms with Crippen LogP contribution < -0.4 is 5.56 Å². The maximum absolute atomic E-state index is 13.2. The first-order chi connectivity index (χ1) is 15.9. The van der Waals surface area contributed by atoms with Crippen molar-refractivity contribution in [1.82, 2.24) is 19.4 Å². The highest BCUT2D eigenvalue weighted by Gasteiger charge is 2.31. The highest BCUT2D eigenvalue weighted by molar-refractivity contribution is 7.20. The molecule has 178 valence electrons. The maximum atomic E-state index is 13.2. The van der Waals surface area contributed by atoms with Crippen LogP contribution in [0.1, 0.15) is 35.0 Å². The van der Waals surface area contributed by atoms with Gasteiger partial charge in [0.05, 0.1) is 42.3 Å². The molecule has 0 spiro atoms. The van der Waals surface area contributed by atoms with E-state index >= 15 is 0 Å². The van der Waals surface area contributed by atoms with Gasteiger partial charge >= 0.3 is 5.97 Å². The van der Waals surface area contributed by atoms with Crippen molar-refractivity contribution in [3.63, 3.8) is 0 Å².